The molecule has 1 saturated heterocycles. The van der Waals surface area contributed by atoms with Crippen molar-refractivity contribution in [3.8, 4) is 22.8 Å². The van der Waals surface area contributed by atoms with Gasteiger partial charge in [-0.15, -0.1) is 5.10 Å². The summed E-state index contributed by atoms with van der Waals surface area (Å²) in [4.78, 5) is 18.5. The Balaban J connectivity index is 1.58. The lowest BCUT2D eigenvalue weighted by Crippen LogP contribution is -2.30. The molecule has 1 aliphatic heterocycles. The van der Waals surface area contributed by atoms with Gasteiger partial charge in [0, 0.05) is 6.61 Å². The number of fused-ring (bicyclic) bond motifs is 3. The van der Waals surface area contributed by atoms with Crippen LogP contribution in [0.3, 0.4) is 0 Å². The Morgan fingerprint density at radius 3 is 2.67 bits per heavy atom. The number of ether oxygens (including phenoxy) is 2. The molecule has 0 amide bonds. The van der Waals surface area contributed by atoms with Gasteiger partial charge in [-0.05, 0) is 37.6 Å². The summed E-state index contributed by atoms with van der Waals surface area (Å²) >= 11 is 0. The van der Waals surface area contributed by atoms with Crippen LogP contribution in [0.25, 0.3) is 33.6 Å². The van der Waals surface area contributed by atoms with Gasteiger partial charge in [0.1, 0.15) is 34.7 Å². The maximum absolute atomic E-state index is 13.9. The summed E-state index contributed by atoms with van der Waals surface area (Å²) in [5.74, 6) is 0.673. The molecule has 0 saturated carbocycles. The predicted molar refractivity (Wildman–Crippen MR) is 123 cm³/mol. The fourth-order valence-corrected chi connectivity index (χ4v) is 4.72. The summed E-state index contributed by atoms with van der Waals surface area (Å²) in [6.45, 7) is 2.65. The average Bonchev–Trinajstić information content (AvgIpc) is 3.59. The van der Waals surface area contributed by atoms with Crippen LogP contribution in [-0.4, -0.2) is 48.8 Å². The summed E-state index contributed by atoms with van der Waals surface area (Å²) in [6, 6.07) is 15.4. The van der Waals surface area contributed by atoms with Crippen LogP contribution in [0.2, 0.25) is 0 Å². The number of imidazole rings is 1. The van der Waals surface area contributed by atoms with Crippen LogP contribution >= 0.6 is 0 Å². The van der Waals surface area contributed by atoms with Gasteiger partial charge in [-0.3, -0.25) is 13.8 Å². The van der Waals surface area contributed by atoms with Crippen molar-refractivity contribution in [3.05, 3.63) is 71.4 Å². The number of para-hydroxylation sites is 4. The first kappa shape index (κ1) is 19.7. The van der Waals surface area contributed by atoms with E-state index in [0.717, 1.165) is 23.1 Å². The van der Waals surface area contributed by atoms with E-state index in [4.69, 9.17) is 9.47 Å². The van der Waals surface area contributed by atoms with E-state index in [0.29, 0.717) is 29.3 Å². The van der Waals surface area contributed by atoms with E-state index < -0.39 is 0 Å². The second-order valence-electron chi connectivity index (χ2n) is 8.13. The average molecular weight is 442 g/mol. The molecule has 0 spiro atoms. The van der Waals surface area contributed by atoms with Gasteiger partial charge < -0.3 is 9.47 Å². The third-order valence-electron chi connectivity index (χ3n) is 6.33. The van der Waals surface area contributed by atoms with Crippen LogP contribution in [0.5, 0.6) is 5.75 Å². The third kappa shape index (κ3) is 2.96. The summed E-state index contributed by atoms with van der Waals surface area (Å²) in [6.07, 6.45) is 4.18. The van der Waals surface area contributed by atoms with Crippen LogP contribution in [0.15, 0.2) is 65.8 Å². The number of nitrogens with zero attached hydrogens (tertiary/aromatic N) is 6. The van der Waals surface area contributed by atoms with E-state index in [1.165, 1.54) is 0 Å². The molecule has 33 heavy (non-hydrogen) atoms. The van der Waals surface area contributed by atoms with Gasteiger partial charge in [0.15, 0.2) is 0 Å². The second-order valence-corrected chi connectivity index (χ2v) is 8.13. The van der Waals surface area contributed by atoms with E-state index in [-0.39, 0.29) is 17.7 Å². The van der Waals surface area contributed by atoms with Gasteiger partial charge in [-0.1, -0.05) is 29.5 Å². The van der Waals surface area contributed by atoms with Gasteiger partial charge >= 0.3 is 0 Å². The standard InChI is InChI=1S/C24H22N6O3/c1-15-17(11-12-33-15)30-19-8-4-3-7-18(19)28-14-25-22(23(28)24(30)31)16-13-29(27-26-16)20-9-5-6-10-21(20)32-2/h3-10,13-15,17H,11-12H2,1-2H3. The quantitative estimate of drug-likeness (QED) is 0.425. The highest BCUT2D eigenvalue weighted by molar-refractivity contribution is 5.84. The highest BCUT2D eigenvalue weighted by atomic mass is 16.5. The number of methoxy groups -OCH3 is 1. The Kier molecular flexibility index (Phi) is 4.51. The molecule has 3 aromatic heterocycles. The monoisotopic (exact) mass is 442 g/mol. The molecular formula is C24H22N6O3. The lowest BCUT2D eigenvalue weighted by atomic mass is 10.1. The van der Waals surface area contributed by atoms with E-state index in [9.17, 15) is 4.79 Å². The Labute approximate surface area is 188 Å². The first-order valence-electron chi connectivity index (χ1n) is 10.9. The molecule has 9 nitrogen and oxygen atoms in total. The molecule has 2 unspecified atom stereocenters. The smallest absolute Gasteiger partial charge is 0.278 e. The first-order chi connectivity index (χ1) is 16.2. The molecule has 2 aromatic carbocycles. The van der Waals surface area contributed by atoms with Crippen molar-refractivity contribution in [2.75, 3.05) is 13.7 Å². The largest absolute Gasteiger partial charge is 0.494 e. The zero-order valence-electron chi connectivity index (χ0n) is 18.3. The van der Waals surface area contributed by atoms with E-state index in [2.05, 4.69) is 15.3 Å². The molecule has 5 aromatic rings. The number of rotatable bonds is 4. The van der Waals surface area contributed by atoms with Crippen LogP contribution in [0.1, 0.15) is 19.4 Å². The molecule has 9 heteroatoms. The molecule has 1 aliphatic rings. The summed E-state index contributed by atoms with van der Waals surface area (Å²) in [7, 11) is 1.61. The number of hydrogen-bond acceptors (Lipinski definition) is 6. The molecule has 1 fully saturated rings. The van der Waals surface area contributed by atoms with Crippen molar-refractivity contribution < 1.29 is 9.47 Å². The van der Waals surface area contributed by atoms with Crippen molar-refractivity contribution in [1.29, 1.82) is 0 Å². The van der Waals surface area contributed by atoms with Crippen molar-refractivity contribution in [3.63, 3.8) is 0 Å². The molecule has 0 radical (unpaired) electrons. The molecule has 166 valence electrons. The van der Waals surface area contributed by atoms with Crippen LogP contribution in [-0.2, 0) is 4.74 Å². The van der Waals surface area contributed by atoms with Gasteiger partial charge in [-0.25, -0.2) is 9.67 Å². The van der Waals surface area contributed by atoms with E-state index >= 15 is 0 Å². The minimum absolute atomic E-state index is 0.0422. The summed E-state index contributed by atoms with van der Waals surface area (Å²) in [5.41, 5.74) is 3.88. The summed E-state index contributed by atoms with van der Waals surface area (Å²) < 4.78 is 16.6. The SMILES string of the molecule is COc1ccccc1-n1cc(-c2ncn3c2c(=O)n(C2CCOC2C)c2ccccc23)nn1. The van der Waals surface area contributed by atoms with Crippen LogP contribution in [0.4, 0.5) is 0 Å². The van der Waals surface area contributed by atoms with Crippen molar-refractivity contribution in [2.24, 2.45) is 0 Å². The van der Waals surface area contributed by atoms with Gasteiger partial charge in [-0.2, -0.15) is 0 Å². The van der Waals surface area contributed by atoms with Crippen LogP contribution in [0, 0.1) is 0 Å². The van der Waals surface area contributed by atoms with Crippen molar-refractivity contribution >= 4 is 16.6 Å². The zero-order valence-corrected chi connectivity index (χ0v) is 18.3. The van der Waals surface area contributed by atoms with Gasteiger partial charge in [0.05, 0.1) is 36.5 Å². The highest BCUT2D eigenvalue weighted by Crippen LogP contribution is 2.30. The highest BCUT2D eigenvalue weighted by Gasteiger charge is 2.30. The lowest BCUT2D eigenvalue weighted by Gasteiger charge is -2.20. The molecular weight excluding hydrogens is 420 g/mol. The molecule has 0 bridgehead atoms. The third-order valence-corrected chi connectivity index (χ3v) is 6.33. The molecule has 0 N–H and O–H groups in total. The minimum Gasteiger partial charge on any atom is -0.494 e. The Morgan fingerprint density at radius 2 is 1.88 bits per heavy atom. The van der Waals surface area contributed by atoms with Gasteiger partial charge in [0.25, 0.3) is 5.56 Å². The van der Waals surface area contributed by atoms with E-state index in [1.807, 2.05) is 64.4 Å². The number of benzene rings is 2. The molecule has 6 rings (SSSR count). The minimum atomic E-state index is -0.115. The fraction of sp³-hybridized carbons (Fsp3) is 0.250. The van der Waals surface area contributed by atoms with Crippen LogP contribution < -0.4 is 10.3 Å². The van der Waals surface area contributed by atoms with E-state index in [1.54, 1.807) is 24.3 Å². The number of aromatic nitrogens is 6. The molecule has 2 atom stereocenters. The molecule has 0 aliphatic carbocycles. The zero-order chi connectivity index (χ0) is 22.5. The van der Waals surface area contributed by atoms with Gasteiger partial charge in [0.2, 0.25) is 0 Å². The normalized spacial score (nSPS) is 18.4. The molecule has 4 heterocycles. The second kappa shape index (κ2) is 7.56. The first-order valence-corrected chi connectivity index (χ1v) is 10.9. The van der Waals surface area contributed by atoms with Crippen molar-refractivity contribution in [1.82, 2.24) is 28.9 Å². The Morgan fingerprint density at radius 1 is 1.09 bits per heavy atom. The predicted octanol–water partition coefficient (Wildman–Crippen LogP) is 3.26. The summed E-state index contributed by atoms with van der Waals surface area (Å²) in [5, 5.41) is 8.60. The Hall–Kier alpha value is -3.98. The number of hydrogen-bond donors (Lipinski definition) is 0. The van der Waals surface area contributed by atoms with Crippen molar-refractivity contribution in [2.45, 2.75) is 25.5 Å². The maximum atomic E-state index is 13.9. The topological polar surface area (TPSA) is 88.5 Å². The fourth-order valence-electron chi connectivity index (χ4n) is 4.72. The lowest BCUT2D eigenvalue weighted by molar-refractivity contribution is 0.108. The Bertz CT molecular complexity index is 1550. The maximum Gasteiger partial charge on any atom is 0.278 e.